The van der Waals surface area contributed by atoms with Gasteiger partial charge in [0.1, 0.15) is 18.0 Å². The summed E-state index contributed by atoms with van der Waals surface area (Å²) in [6.07, 6.45) is 3.45. The standard InChI is InChI=1S/C18H19N5OS/c1-12-4-2-6-15(21-12)22-18(24)13-5-3-8-23(10-13)17-16-14(7-9-25-16)19-11-20-17/h2,4,6-7,9,11,13H,3,5,8,10H2,1H3,(H,21,22,24). The van der Waals surface area contributed by atoms with Gasteiger partial charge in [-0.25, -0.2) is 15.0 Å². The lowest BCUT2D eigenvalue weighted by molar-refractivity contribution is -0.120. The average Bonchev–Trinajstić information content (AvgIpc) is 3.10. The molecule has 3 aromatic rings. The topological polar surface area (TPSA) is 71.0 Å². The van der Waals surface area contributed by atoms with E-state index in [9.17, 15) is 4.79 Å². The summed E-state index contributed by atoms with van der Waals surface area (Å²) in [5, 5.41) is 4.98. The zero-order valence-electron chi connectivity index (χ0n) is 14.0. The van der Waals surface area contributed by atoms with Gasteiger partial charge in [-0.2, -0.15) is 0 Å². The van der Waals surface area contributed by atoms with Gasteiger partial charge in [0.2, 0.25) is 5.91 Å². The summed E-state index contributed by atoms with van der Waals surface area (Å²) in [5.41, 5.74) is 1.86. The number of hydrogen-bond donors (Lipinski definition) is 1. The van der Waals surface area contributed by atoms with Crippen molar-refractivity contribution in [3.63, 3.8) is 0 Å². The van der Waals surface area contributed by atoms with Crippen LogP contribution in [0.4, 0.5) is 11.6 Å². The number of amides is 1. The maximum Gasteiger partial charge on any atom is 0.230 e. The molecular weight excluding hydrogens is 334 g/mol. The molecule has 6 nitrogen and oxygen atoms in total. The highest BCUT2D eigenvalue weighted by atomic mass is 32.1. The summed E-state index contributed by atoms with van der Waals surface area (Å²) in [6, 6.07) is 7.65. The molecule has 4 rings (SSSR count). The minimum absolute atomic E-state index is 0.0271. The van der Waals surface area contributed by atoms with Crippen LogP contribution in [0.5, 0.6) is 0 Å². The highest BCUT2D eigenvalue weighted by Gasteiger charge is 2.28. The Hall–Kier alpha value is -2.54. The third-order valence-electron chi connectivity index (χ3n) is 4.46. The minimum Gasteiger partial charge on any atom is -0.355 e. The van der Waals surface area contributed by atoms with Gasteiger partial charge in [0.25, 0.3) is 0 Å². The molecule has 1 amide bonds. The molecule has 1 fully saturated rings. The fourth-order valence-electron chi connectivity index (χ4n) is 3.23. The molecule has 1 atom stereocenters. The second-order valence-corrected chi connectivity index (χ2v) is 7.19. The van der Waals surface area contributed by atoms with E-state index >= 15 is 0 Å². The Bertz CT molecular complexity index is 909. The van der Waals surface area contributed by atoms with E-state index in [1.807, 2.05) is 36.6 Å². The first-order valence-electron chi connectivity index (χ1n) is 8.38. The normalized spacial score (nSPS) is 17.6. The van der Waals surface area contributed by atoms with E-state index in [1.165, 1.54) is 0 Å². The molecule has 25 heavy (non-hydrogen) atoms. The van der Waals surface area contributed by atoms with Gasteiger partial charge in [-0.3, -0.25) is 4.79 Å². The predicted molar refractivity (Wildman–Crippen MR) is 100.0 cm³/mol. The molecule has 3 aromatic heterocycles. The van der Waals surface area contributed by atoms with Crippen molar-refractivity contribution in [2.24, 2.45) is 5.92 Å². The number of aryl methyl sites for hydroxylation is 1. The lowest BCUT2D eigenvalue weighted by Crippen LogP contribution is -2.41. The van der Waals surface area contributed by atoms with Crippen LogP contribution in [-0.2, 0) is 4.79 Å². The van der Waals surface area contributed by atoms with E-state index < -0.39 is 0 Å². The second-order valence-electron chi connectivity index (χ2n) is 6.27. The first-order valence-corrected chi connectivity index (χ1v) is 9.26. The van der Waals surface area contributed by atoms with Gasteiger partial charge in [0, 0.05) is 18.8 Å². The van der Waals surface area contributed by atoms with Gasteiger partial charge in [-0.05, 0) is 43.3 Å². The Labute approximate surface area is 149 Å². The Balaban J connectivity index is 1.51. The summed E-state index contributed by atoms with van der Waals surface area (Å²) in [7, 11) is 0. The molecule has 1 N–H and O–H groups in total. The molecule has 0 aromatic carbocycles. The molecule has 4 heterocycles. The number of anilines is 2. The van der Waals surface area contributed by atoms with Crippen molar-refractivity contribution in [2.45, 2.75) is 19.8 Å². The van der Waals surface area contributed by atoms with Gasteiger partial charge in [0.15, 0.2) is 0 Å². The van der Waals surface area contributed by atoms with Crippen LogP contribution in [0.15, 0.2) is 36.0 Å². The smallest absolute Gasteiger partial charge is 0.230 e. The van der Waals surface area contributed by atoms with Crippen LogP contribution in [0.1, 0.15) is 18.5 Å². The summed E-state index contributed by atoms with van der Waals surface area (Å²) in [6.45, 7) is 3.50. The van der Waals surface area contributed by atoms with Gasteiger partial charge >= 0.3 is 0 Å². The third kappa shape index (κ3) is 3.32. The van der Waals surface area contributed by atoms with Crippen LogP contribution < -0.4 is 10.2 Å². The summed E-state index contributed by atoms with van der Waals surface area (Å²) in [5.74, 6) is 1.51. The molecule has 7 heteroatoms. The number of carbonyl (C=O) groups excluding carboxylic acids is 1. The summed E-state index contributed by atoms with van der Waals surface area (Å²) < 4.78 is 1.09. The van der Waals surface area contributed by atoms with Crippen molar-refractivity contribution >= 4 is 39.1 Å². The van der Waals surface area contributed by atoms with E-state index in [2.05, 4.69) is 25.2 Å². The molecule has 0 spiro atoms. The van der Waals surface area contributed by atoms with Crippen LogP contribution in [0, 0.1) is 12.8 Å². The maximum absolute atomic E-state index is 12.7. The Morgan fingerprint density at radius 3 is 3.12 bits per heavy atom. The Kier molecular flexibility index (Phi) is 4.31. The first-order chi connectivity index (χ1) is 12.2. The SMILES string of the molecule is Cc1cccc(NC(=O)C2CCCN(c3ncnc4ccsc34)C2)n1. The molecule has 0 bridgehead atoms. The van der Waals surface area contributed by atoms with Gasteiger partial charge in [-0.15, -0.1) is 11.3 Å². The maximum atomic E-state index is 12.7. The van der Waals surface area contributed by atoms with E-state index in [0.717, 1.165) is 41.1 Å². The number of piperidine rings is 1. The lowest BCUT2D eigenvalue weighted by atomic mass is 9.97. The number of pyridine rings is 1. The lowest BCUT2D eigenvalue weighted by Gasteiger charge is -2.32. The molecule has 0 radical (unpaired) electrons. The quantitative estimate of drug-likeness (QED) is 0.783. The zero-order chi connectivity index (χ0) is 17.2. The van der Waals surface area contributed by atoms with E-state index in [0.29, 0.717) is 12.4 Å². The molecule has 1 saturated heterocycles. The number of hydrogen-bond acceptors (Lipinski definition) is 6. The number of fused-ring (bicyclic) bond motifs is 1. The van der Waals surface area contributed by atoms with Crippen molar-refractivity contribution in [2.75, 3.05) is 23.3 Å². The third-order valence-corrected chi connectivity index (χ3v) is 5.36. The number of rotatable bonds is 3. The Morgan fingerprint density at radius 2 is 2.24 bits per heavy atom. The first kappa shape index (κ1) is 16.0. The number of thiophene rings is 1. The van der Waals surface area contributed by atoms with Crippen molar-refractivity contribution in [3.8, 4) is 0 Å². The van der Waals surface area contributed by atoms with Crippen LogP contribution >= 0.6 is 11.3 Å². The average molecular weight is 353 g/mol. The molecule has 128 valence electrons. The van der Waals surface area contributed by atoms with Crippen LogP contribution in [0.25, 0.3) is 10.2 Å². The Morgan fingerprint density at radius 1 is 1.32 bits per heavy atom. The minimum atomic E-state index is -0.0685. The van der Waals surface area contributed by atoms with Crippen LogP contribution in [-0.4, -0.2) is 33.9 Å². The number of nitrogens with one attached hydrogen (secondary N) is 1. The fraction of sp³-hybridized carbons (Fsp3) is 0.333. The van der Waals surface area contributed by atoms with Crippen molar-refractivity contribution in [1.82, 2.24) is 15.0 Å². The van der Waals surface area contributed by atoms with Crippen LogP contribution in [0.2, 0.25) is 0 Å². The molecule has 1 unspecified atom stereocenters. The highest BCUT2D eigenvalue weighted by Crippen LogP contribution is 2.31. The van der Waals surface area contributed by atoms with Crippen molar-refractivity contribution < 1.29 is 4.79 Å². The fourth-order valence-corrected chi connectivity index (χ4v) is 4.09. The molecule has 1 aliphatic heterocycles. The molecule has 0 aliphatic carbocycles. The molecule has 1 aliphatic rings. The summed E-state index contributed by atoms with van der Waals surface area (Å²) in [4.78, 5) is 28.0. The predicted octanol–water partition coefficient (Wildman–Crippen LogP) is 3.25. The zero-order valence-corrected chi connectivity index (χ0v) is 14.8. The van der Waals surface area contributed by atoms with Crippen LogP contribution in [0.3, 0.4) is 0 Å². The van der Waals surface area contributed by atoms with Crippen molar-refractivity contribution in [3.05, 3.63) is 41.7 Å². The van der Waals surface area contributed by atoms with E-state index in [4.69, 9.17) is 0 Å². The van der Waals surface area contributed by atoms with Gasteiger partial charge in [0.05, 0.1) is 16.1 Å². The number of nitrogens with zero attached hydrogens (tertiary/aromatic N) is 4. The highest BCUT2D eigenvalue weighted by molar-refractivity contribution is 7.17. The van der Waals surface area contributed by atoms with Gasteiger partial charge in [-0.1, -0.05) is 6.07 Å². The molecule has 0 saturated carbocycles. The van der Waals surface area contributed by atoms with E-state index in [1.54, 1.807) is 17.7 Å². The van der Waals surface area contributed by atoms with Gasteiger partial charge < -0.3 is 10.2 Å². The number of aromatic nitrogens is 3. The van der Waals surface area contributed by atoms with E-state index in [-0.39, 0.29) is 11.8 Å². The monoisotopic (exact) mass is 353 g/mol. The number of carbonyl (C=O) groups is 1. The molecular formula is C18H19N5OS. The second kappa shape index (κ2) is 6.76. The van der Waals surface area contributed by atoms with Crippen molar-refractivity contribution in [1.29, 1.82) is 0 Å². The summed E-state index contributed by atoms with van der Waals surface area (Å²) >= 11 is 1.64. The largest absolute Gasteiger partial charge is 0.355 e.